The second-order valence-electron chi connectivity index (χ2n) is 9.52. The first-order valence-corrected chi connectivity index (χ1v) is 15.9. The van der Waals surface area contributed by atoms with Crippen LogP contribution in [0, 0.1) is 6.92 Å². The van der Waals surface area contributed by atoms with Gasteiger partial charge in [-0.1, -0.05) is 67.7 Å². The smallest absolute Gasteiger partial charge is 0.264 e. The van der Waals surface area contributed by atoms with Gasteiger partial charge in [0.05, 0.1) is 22.8 Å². The highest BCUT2D eigenvalue weighted by atomic mass is 32.2. The van der Waals surface area contributed by atoms with Crippen molar-refractivity contribution < 1.29 is 13.2 Å². The van der Waals surface area contributed by atoms with Crippen molar-refractivity contribution in [3.8, 4) is 0 Å². The summed E-state index contributed by atoms with van der Waals surface area (Å²) in [6.45, 7) is 8.62. The van der Waals surface area contributed by atoms with Gasteiger partial charge in [0.2, 0.25) is 5.78 Å². The van der Waals surface area contributed by atoms with Gasteiger partial charge in [-0.3, -0.25) is 9.10 Å². The number of sulfonamides is 1. The van der Waals surface area contributed by atoms with Crippen LogP contribution in [-0.4, -0.2) is 26.7 Å². The second kappa shape index (κ2) is 7.43. The second-order valence-corrected chi connectivity index (χ2v) is 16.2. The van der Waals surface area contributed by atoms with E-state index in [2.05, 4.69) is 23.9 Å². The molecular formula is C26H26N2O3SSi. The van der Waals surface area contributed by atoms with Crippen molar-refractivity contribution in [1.82, 2.24) is 4.23 Å². The maximum Gasteiger partial charge on any atom is 0.264 e. The van der Waals surface area contributed by atoms with Crippen molar-refractivity contribution in [3.63, 3.8) is 0 Å². The monoisotopic (exact) mass is 474 g/mol. The molecule has 7 heteroatoms. The molecule has 5 rings (SSSR count). The van der Waals surface area contributed by atoms with Crippen LogP contribution in [0.3, 0.4) is 0 Å². The van der Waals surface area contributed by atoms with Gasteiger partial charge in [0.1, 0.15) is 0 Å². The highest BCUT2D eigenvalue weighted by molar-refractivity contribution is 7.92. The standard InChI is InChI=1S/C26H26N2O3SSi/c1-18-13-15-19(16-14-18)32(30,31)27-17-22-20-9-5-8-12-24(20)28(33(2,3)4)25(22)26(29)21-10-6-7-11-23(21)27/h5-16H,17H2,1-4H3. The van der Waals surface area contributed by atoms with Gasteiger partial charge in [-0.2, -0.15) is 0 Å². The molecule has 0 unspecified atom stereocenters. The molecule has 0 N–H and O–H groups in total. The maximum atomic E-state index is 14.0. The average Bonchev–Trinajstić information content (AvgIpc) is 3.05. The molecule has 0 fully saturated rings. The third-order valence-electron chi connectivity index (χ3n) is 6.19. The van der Waals surface area contributed by atoms with E-state index in [4.69, 9.17) is 0 Å². The Morgan fingerprint density at radius 1 is 0.848 bits per heavy atom. The van der Waals surface area contributed by atoms with Crippen molar-refractivity contribution in [2.45, 2.75) is 38.0 Å². The lowest BCUT2D eigenvalue weighted by Crippen LogP contribution is -2.35. The Morgan fingerprint density at radius 2 is 1.48 bits per heavy atom. The Kier molecular flexibility index (Phi) is 4.88. The summed E-state index contributed by atoms with van der Waals surface area (Å²) in [6, 6.07) is 21.8. The SMILES string of the molecule is Cc1ccc(S(=O)(=O)N2Cc3c(n([Si](C)(C)C)c4ccccc34)C(=O)c3ccccc32)cc1. The number of hydrogen-bond acceptors (Lipinski definition) is 3. The molecule has 0 spiro atoms. The van der Waals surface area contributed by atoms with E-state index in [1.807, 2.05) is 31.2 Å². The van der Waals surface area contributed by atoms with Crippen molar-refractivity contribution in [1.29, 1.82) is 0 Å². The lowest BCUT2D eigenvalue weighted by atomic mass is 10.0. The molecule has 33 heavy (non-hydrogen) atoms. The number of benzene rings is 3. The van der Waals surface area contributed by atoms with Crippen molar-refractivity contribution >= 4 is 40.6 Å². The Bertz CT molecular complexity index is 1510. The lowest BCUT2D eigenvalue weighted by molar-refractivity contribution is 0.103. The summed E-state index contributed by atoms with van der Waals surface area (Å²) in [5.74, 6) is -0.124. The van der Waals surface area contributed by atoms with Crippen molar-refractivity contribution in [3.05, 3.63) is 95.2 Å². The Labute approximate surface area is 195 Å². The van der Waals surface area contributed by atoms with Crippen molar-refractivity contribution in [2.24, 2.45) is 0 Å². The first kappa shape index (κ1) is 21.7. The molecule has 0 atom stereocenters. The fourth-order valence-electron chi connectivity index (χ4n) is 4.69. The number of rotatable bonds is 3. The zero-order valence-corrected chi connectivity index (χ0v) is 21.0. The summed E-state index contributed by atoms with van der Waals surface area (Å²) in [5.41, 5.74) is 4.19. The molecule has 1 aliphatic heterocycles. The average molecular weight is 475 g/mol. The molecule has 3 aromatic carbocycles. The molecule has 0 amide bonds. The van der Waals surface area contributed by atoms with E-state index in [0.717, 1.165) is 22.0 Å². The van der Waals surface area contributed by atoms with E-state index in [9.17, 15) is 13.2 Å². The van der Waals surface area contributed by atoms with Crippen LogP contribution in [0.4, 0.5) is 5.69 Å². The summed E-state index contributed by atoms with van der Waals surface area (Å²) in [5, 5.41) is 0.931. The number of para-hydroxylation sites is 2. The Hall–Kier alpha value is -3.16. The summed E-state index contributed by atoms with van der Waals surface area (Å²) in [7, 11) is -5.91. The minimum Gasteiger partial charge on any atom is -0.366 e. The molecule has 0 radical (unpaired) electrons. The first-order chi connectivity index (χ1) is 15.6. The van der Waals surface area contributed by atoms with Crippen LogP contribution in [0.1, 0.15) is 27.2 Å². The van der Waals surface area contributed by atoms with Crippen LogP contribution in [-0.2, 0) is 16.6 Å². The number of anilines is 1. The van der Waals surface area contributed by atoms with Gasteiger partial charge >= 0.3 is 0 Å². The molecule has 1 aliphatic rings. The maximum absolute atomic E-state index is 14.0. The van der Waals surface area contributed by atoms with E-state index >= 15 is 0 Å². The third kappa shape index (κ3) is 3.34. The van der Waals surface area contributed by atoms with Gasteiger partial charge in [0.25, 0.3) is 10.0 Å². The number of carbonyl (C=O) groups is 1. The molecule has 2 heterocycles. The minimum absolute atomic E-state index is 0.103. The molecular weight excluding hydrogens is 448 g/mol. The van der Waals surface area contributed by atoms with Gasteiger partial charge in [-0.25, -0.2) is 8.42 Å². The predicted molar refractivity (Wildman–Crippen MR) is 135 cm³/mol. The van der Waals surface area contributed by atoms with Gasteiger partial charge in [0, 0.05) is 22.0 Å². The number of fused-ring (bicyclic) bond motifs is 4. The van der Waals surface area contributed by atoms with Gasteiger partial charge < -0.3 is 4.23 Å². The number of hydrogen-bond donors (Lipinski definition) is 0. The van der Waals surface area contributed by atoms with Crippen LogP contribution >= 0.6 is 0 Å². The molecule has 0 saturated heterocycles. The lowest BCUT2D eigenvalue weighted by Gasteiger charge is -2.24. The minimum atomic E-state index is -3.89. The number of ketones is 1. The van der Waals surface area contributed by atoms with Crippen LogP contribution in [0.2, 0.25) is 19.6 Å². The van der Waals surface area contributed by atoms with Crippen LogP contribution in [0.5, 0.6) is 0 Å². The largest absolute Gasteiger partial charge is 0.366 e. The summed E-state index contributed by atoms with van der Waals surface area (Å²) in [4.78, 5) is 14.2. The Balaban J connectivity index is 1.85. The zero-order valence-electron chi connectivity index (χ0n) is 19.2. The summed E-state index contributed by atoms with van der Waals surface area (Å²) in [6.07, 6.45) is 0. The normalized spacial score (nSPS) is 14.2. The van der Waals surface area contributed by atoms with E-state index in [-0.39, 0.29) is 17.2 Å². The Morgan fingerprint density at radius 3 is 2.18 bits per heavy atom. The fraction of sp³-hybridized carbons (Fsp3) is 0.192. The number of aryl methyl sites for hydroxylation is 1. The zero-order chi connectivity index (χ0) is 23.5. The number of nitrogens with zero attached hydrogens (tertiary/aromatic N) is 2. The third-order valence-corrected chi connectivity index (χ3v) is 9.77. The molecule has 5 nitrogen and oxygen atoms in total. The van der Waals surface area contributed by atoms with Gasteiger partial charge in [0.15, 0.2) is 8.24 Å². The molecule has 0 aliphatic carbocycles. The van der Waals surface area contributed by atoms with Gasteiger partial charge in [-0.15, -0.1) is 0 Å². The topological polar surface area (TPSA) is 59.4 Å². The highest BCUT2D eigenvalue weighted by Gasteiger charge is 2.38. The van der Waals surface area contributed by atoms with E-state index < -0.39 is 18.3 Å². The molecule has 4 aromatic rings. The molecule has 1 aromatic heterocycles. The summed E-state index contributed by atoms with van der Waals surface area (Å²) < 4.78 is 31.4. The summed E-state index contributed by atoms with van der Waals surface area (Å²) >= 11 is 0. The molecule has 0 bridgehead atoms. The van der Waals surface area contributed by atoms with Gasteiger partial charge in [-0.05, 0) is 37.3 Å². The molecule has 0 saturated carbocycles. The predicted octanol–water partition coefficient (Wildman–Crippen LogP) is 5.57. The molecule has 168 valence electrons. The van der Waals surface area contributed by atoms with Crippen LogP contribution < -0.4 is 4.31 Å². The first-order valence-electron chi connectivity index (χ1n) is 11.0. The van der Waals surface area contributed by atoms with E-state index in [1.165, 1.54) is 4.31 Å². The van der Waals surface area contributed by atoms with Crippen LogP contribution in [0.15, 0.2) is 77.7 Å². The number of carbonyl (C=O) groups excluding carboxylic acids is 1. The van der Waals surface area contributed by atoms with Crippen LogP contribution in [0.25, 0.3) is 10.9 Å². The number of aromatic nitrogens is 1. The highest BCUT2D eigenvalue weighted by Crippen LogP contribution is 2.39. The van der Waals surface area contributed by atoms with Crippen molar-refractivity contribution in [2.75, 3.05) is 4.31 Å². The quantitative estimate of drug-likeness (QED) is 0.365. The fourth-order valence-corrected chi connectivity index (χ4v) is 7.97. The van der Waals surface area contributed by atoms with E-state index in [1.54, 1.807) is 48.5 Å². The van der Waals surface area contributed by atoms with E-state index in [0.29, 0.717) is 16.9 Å².